The van der Waals surface area contributed by atoms with Crippen molar-refractivity contribution in [2.24, 2.45) is 5.73 Å². The minimum absolute atomic E-state index is 0.367. The Kier molecular flexibility index (Phi) is 3.39. The molecule has 5 heteroatoms. The number of carbonyl (C=O) groups is 1. The summed E-state index contributed by atoms with van der Waals surface area (Å²) in [7, 11) is 0. The molecule has 0 saturated heterocycles. The molecule has 0 bridgehead atoms. The van der Waals surface area contributed by atoms with Gasteiger partial charge < -0.3 is 10.5 Å². The van der Waals surface area contributed by atoms with Gasteiger partial charge in [0.2, 0.25) is 0 Å². The number of para-hydroxylation sites is 1. The molecule has 2 aromatic carbocycles. The number of ether oxygens (including phenoxy) is 1. The monoisotopic (exact) mass is 279 g/mol. The molecule has 0 aliphatic carbocycles. The van der Waals surface area contributed by atoms with Gasteiger partial charge in [-0.05, 0) is 36.4 Å². The minimum atomic E-state index is -0.511. The van der Waals surface area contributed by atoms with E-state index in [0.29, 0.717) is 17.0 Å². The van der Waals surface area contributed by atoms with E-state index in [4.69, 9.17) is 10.5 Å². The van der Waals surface area contributed by atoms with Crippen LogP contribution in [-0.4, -0.2) is 16.1 Å². The van der Waals surface area contributed by atoms with Crippen LogP contribution in [0.25, 0.3) is 11.3 Å². The van der Waals surface area contributed by atoms with Crippen molar-refractivity contribution in [2.75, 3.05) is 0 Å². The van der Waals surface area contributed by atoms with Crippen molar-refractivity contribution in [1.82, 2.24) is 10.2 Å². The molecule has 1 amide bonds. The highest BCUT2D eigenvalue weighted by Crippen LogP contribution is 2.26. The van der Waals surface area contributed by atoms with E-state index in [-0.39, 0.29) is 0 Å². The van der Waals surface area contributed by atoms with Gasteiger partial charge in [0.15, 0.2) is 0 Å². The van der Waals surface area contributed by atoms with Gasteiger partial charge in [-0.1, -0.05) is 18.2 Å². The molecule has 3 rings (SSSR count). The number of H-pyrrole nitrogens is 1. The van der Waals surface area contributed by atoms with Crippen molar-refractivity contribution < 1.29 is 9.53 Å². The van der Waals surface area contributed by atoms with Crippen LogP contribution in [0.5, 0.6) is 11.5 Å². The summed E-state index contributed by atoms with van der Waals surface area (Å²) in [5, 5.41) is 6.63. The predicted molar refractivity (Wildman–Crippen MR) is 79.1 cm³/mol. The van der Waals surface area contributed by atoms with Gasteiger partial charge in [-0.2, -0.15) is 5.10 Å². The molecule has 0 atom stereocenters. The first-order valence-corrected chi connectivity index (χ1v) is 6.40. The van der Waals surface area contributed by atoms with Crippen LogP contribution in [0.15, 0.2) is 60.8 Å². The molecule has 0 fully saturated rings. The summed E-state index contributed by atoms with van der Waals surface area (Å²) in [6.07, 6.45) is 1.42. The highest BCUT2D eigenvalue weighted by molar-refractivity contribution is 5.98. The highest BCUT2D eigenvalue weighted by atomic mass is 16.5. The maximum absolute atomic E-state index is 11.3. The Labute approximate surface area is 121 Å². The van der Waals surface area contributed by atoms with E-state index in [9.17, 15) is 4.79 Å². The lowest BCUT2D eigenvalue weighted by molar-refractivity contribution is 0.100. The second kappa shape index (κ2) is 5.50. The lowest BCUT2D eigenvalue weighted by Gasteiger charge is -2.06. The van der Waals surface area contributed by atoms with Gasteiger partial charge in [0.25, 0.3) is 5.91 Å². The number of nitrogens with two attached hydrogens (primary N) is 1. The van der Waals surface area contributed by atoms with Gasteiger partial charge in [0.1, 0.15) is 11.5 Å². The number of rotatable bonds is 4. The van der Waals surface area contributed by atoms with Crippen LogP contribution < -0.4 is 10.5 Å². The van der Waals surface area contributed by atoms with E-state index in [2.05, 4.69) is 10.2 Å². The zero-order valence-electron chi connectivity index (χ0n) is 11.1. The quantitative estimate of drug-likeness (QED) is 0.770. The van der Waals surface area contributed by atoms with Crippen LogP contribution in [-0.2, 0) is 0 Å². The molecule has 0 aliphatic heterocycles. The van der Waals surface area contributed by atoms with Crippen molar-refractivity contribution in [3.63, 3.8) is 0 Å². The number of hydrogen-bond donors (Lipinski definition) is 2. The van der Waals surface area contributed by atoms with Crippen molar-refractivity contribution in [3.05, 3.63) is 66.4 Å². The van der Waals surface area contributed by atoms with Gasteiger partial charge in [0.05, 0.1) is 17.5 Å². The first-order chi connectivity index (χ1) is 10.2. The third-order valence-corrected chi connectivity index (χ3v) is 3.03. The molecule has 0 saturated carbocycles. The predicted octanol–water partition coefficient (Wildman–Crippen LogP) is 2.97. The Morgan fingerprint density at radius 3 is 2.33 bits per heavy atom. The first-order valence-electron chi connectivity index (χ1n) is 6.40. The number of nitrogens with zero attached hydrogens (tertiary/aromatic N) is 1. The Morgan fingerprint density at radius 2 is 1.67 bits per heavy atom. The third-order valence-electron chi connectivity index (χ3n) is 3.03. The molecular formula is C16H13N3O2. The second-order valence-corrected chi connectivity index (χ2v) is 4.46. The van der Waals surface area contributed by atoms with Crippen molar-refractivity contribution in [1.29, 1.82) is 0 Å². The SMILES string of the molecule is NC(=O)c1cn[nH]c1-c1ccc(Oc2ccccc2)cc1. The zero-order chi connectivity index (χ0) is 14.7. The fraction of sp³-hybridized carbons (Fsp3) is 0. The fourth-order valence-corrected chi connectivity index (χ4v) is 2.01. The lowest BCUT2D eigenvalue weighted by atomic mass is 10.1. The van der Waals surface area contributed by atoms with E-state index in [1.54, 1.807) is 0 Å². The Morgan fingerprint density at radius 1 is 1.00 bits per heavy atom. The maximum atomic E-state index is 11.3. The van der Waals surface area contributed by atoms with Crippen LogP contribution in [0.2, 0.25) is 0 Å². The normalized spacial score (nSPS) is 10.3. The molecule has 3 aromatic rings. The number of primary amides is 1. The van der Waals surface area contributed by atoms with E-state index < -0.39 is 5.91 Å². The Balaban J connectivity index is 1.84. The Bertz CT molecular complexity index is 749. The standard InChI is InChI=1S/C16H13N3O2/c17-16(20)14-10-18-19-15(14)11-6-8-13(9-7-11)21-12-4-2-1-3-5-12/h1-10H,(H2,17,20)(H,18,19). The summed E-state index contributed by atoms with van der Waals surface area (Å²) in [5.41, 5.74) is 7.10. The molecule has 1 heterocycles. The molecule has 0 spiro atoms. The maximum Gasteiger partial charge on any atom is 0.252 e. The molecule has 0 radical (unpaired) electrons. The lowest BCUT2D eigenvalue weighted by Crippen LogP contribution is -2.11. The number of hydrogen-bond acceptors (Lipinski definition) is 3. The van der Waals surface area contributed by atoms with Crippen molar-refractivity contribution in [2.45, 2.75) is 0 Å². The minimum Gasteiger partial charge on any atom is -0.457 e. The van der Waals surface area contributed by atoms with E-state index in [1.165, 1.54) is 6.20 Å². The summed E-state index contributed by atoms with van der Waals surface area (Å²) in [4.78, 5) is 11.3. The molecule has 0 aliphatic rings. The van der Waals surface area contributed by atoms with Gasteiger partial charge in [-0.3, -0.25) is 9.89 Å². The summed E-state index contributed by atoms with van der Waals surface area (Å²) >= 11 is 0. The van der Waals surface area contributed by atoms with Gasteiger partial charge in [-0.25, -0.2) is 0 Å². The number of amides is 1. The first kappa shape index (κ1) is 12.9. The number of carbonyl (C=O) groups excluding carboxylic acids is 1. The number of nitrogens with one attached hydrogen (secondary N) is 1. The van der Waals surface area contributed by atoms with Crippen molar-refractivity contribution in [3.8, 4) is 22.8 Å². The molecule has 1 aromatic heterocycles. The van der Waals surface area contributed by atoms with E-state index >= 15 is 0 Å². The molecule has 0 unspecified atom stereocenters. The van der Waals surface area contributed by atoms with Crippen LogP contribution in [0.4, 0.5) is 0 Å². The van der Waals surface area contributed by atoms with Gasteiger partial charge >= 0.3 is 0 Å². The van der Waals surface area contributed by atoms with Crippen LogP contribution in [0, 0.1) is 0 Å². The zero-order valence-corrected chi connectivity index (χ0v) is 11.1. The van der Waals surface area contributed by atoms with E-state index in [0.717, 1.165) is 11.3 Å². The molecule has 21 heavy (non-hydrogen) atoms. The average molecular weight is 279 g/mol. The fourth-order valence-electron chi connectivity index (χ4n) is 2.01. The van der Waals surface area contributed by atoms with Gasteiger partial charge in [0, 0.05) is 5.56 Å². The van der Waals surface area contributed by atoms with Crippen LogP contribution in [0.1, 0.15) is 10.4 Å². The molecule has 104 valence electrons. The largest absolute Gasteiger partial charge is 0.457 e. The van der Waals surface area contributed by atoms with E-state index in [1.807, 2.05) is 54.6 Å². The number of aromatic amines is 1. The second-order valence-electron chi connectivity index (χ2n) is 4.46. The summed E-state index contributed by atoms with van der Waals surface area (Å²) in [6, 6.07) is 16.9. The molecular weight excluding hydrogens is 266 g/mol. The summed E-state index contributed by atoms with van der Waals surface area (Å²) in [5.74, 6) is 0.970. The smallest absolute Gasteiger partial charge is 0.252 e. The Hall–Kier alpha value is -3.08. The van der Waals surface area contributed by atoms with Crippen LogP contribution in [0.3, 0.4) is 0 Å². The number of benzene rings is 2. The summed E-state index contributed by atoms with van der Waals surface area (Å²) in [6.45, 7) is 0. The average Bonchev–Trinajstić information content (AvgIpc) is 2.99. The summed E-state index contributed by atoms with van der Waals surface area (Å²) < 4.78 is 5.71. The van der Waals surface area contributed by atoms with Crippen molar-refractivity contribution >= 4 is 5.91 Å². The highest BCUT2D eigenvalue weighted by Gasteiger charge is 2.12. The molecule has 5 nitrogen and oxygen atoms in total. The molecule has 3 N–H and O–H groups in total. The third kappa shape index (κ3) is 2.76. The topological polar surface area (TPSA) is 81.0 Å². The van der Waals surface area contributed by atoms with Gasteiger partial charge in [-0.15, -0.1) is 0 Å². The number of aromatic nitrogens is 2. The van der Waals surface area contributed by atoms with Crippen LogP contribution >= 0.6 is 0 Å².